The third kappa shape index (κ3) is 4.67. The van der Waals surface area contributed by atoms with Gasteiger partial charge in [0.2, 0.25) is 5.88 Å². The molecule has 7 heteroatoms. The number of aromatic hydroxyl groups is 1. The molecule has 156 valence electrons. The number of benzene rings is 3. The fourth-order valence-electron chi connectivity index (χ4n) is 3.12. The molecule has 0 saturated carbocycles. The summed E-state index contributed by atoms with van der Waals surface area (Å²) >= 11 is 0. The highest BCUT2D eigenvalue weighted by atomic mass is 16.5. The summed E-state index contributed by atoms with van der Waals surface area (Å²) in [7, 11) is 0. The molecule has 0 unspecified atom stereocenters. The molecule has 31 heavy (non-hydrogen) atoms. The Kier molecular flexibility index (Phi) is 5.57. The van der Waals surface area contributed by atoms with E-state index in [0.29, 0.717) is 23.0 Å². The van der Waals surface area contributed by atoms with Gasteiger partial charge in [-0.1, -0.05) is 30.3 Å². The van der Waals surface area contributed by atoms with Crippen LogP contribution < -0.4 is 15.4 Å². The van der Waals surface area contributed by atoms with E-state index in [2.05, 4.69) is 15.7 Å². The minimum atomic E-state index is -0.426. The maximum Gasteiger partial charge on any atom is 0.323 e. The van der Waals surface area contributed by atoms with E-state index in [9.17, 15) is 9.90 Å². The molecule has 3 aromatic carbocycles. The SMILES string of the molecule is Cc1cc(Oc2ccccc2NC(=O)Nc2ccc(O)cc2)n(-c2ccccc2C)n1. The number of phenols is 1. The Bertz CT molecular complexity index is 1220. The molecule has 0 aliphatic rings. The Hall–Kier alpha value is -4.26. The number of aryl methyl sites for hydroxylation is 2. The van der Waals surface area contributed by atoms with Crippen LogP contribution in [0.15, 0.2) is 78.9 Å². The van der Waals surface area contributed by atoms with Crippen molar-refractivity contribution in [2.45, 2.75) is 13.8 Å². The molecule has 0 aliphatic carbocycles. The van der Waals surface area contributed by atoms with E-state index in [1.807, 2.05) is 56.3 Å². The van der Waals surface area contributed by atoms with E-state index >= 15 is 0 Å². The first-order valence-electron chi connectivity index (χ1n) is 9.76. The molecule has 4 aromatic rings. The molecule has 4 rings (SSSR count). The summed E-state index contributed by atoms with van der Waals surface area (Å²) in [4.78, 5) is 12.5. The number of nitrogens with zero attached hydrogens (tertiary/aromatic N) is 2. The number of phenolic OH excluding ortho intramolecular Hbond substituents is 1. The monoisotopic (exact) mass is 414 g/mol. The lowest BCUT2D eigenvalue weighted by molar-refractivity contribution is 0.262. The normalized spacial score (nSPS) is 10.5. The largest absolute Gasteiger partial charge is 0.508 e. The summed E-state index contributed by atoms with van der Waals surface area (Å²) in [6.07, 6.45) is 0. The van der Waals surface area contributed by atoms with Gasteiger partial charge in [0.25, 0.3) is 0 Å². The van der Waals surface area contributed by atoms with Gasteiger partial charge in [0.15, 0.2) is 5.75 Å². The molecular weight excluding hydrogens is 392 g/mol. The molecule has 2 amide bonds. The first-order valence-corrected chi connectivity index (χ1v) is 9.76. The van der Waals surface area contributed by atoms with Gasteiger partial charge in [-0.05, 0) is 61.9 Å². The number of rotatable bonds is 5. The second kappa shape index (κ2) is 8.62. The number of aromatic nitrogens is 2. The zero-order valence-electron chi connectivity index (χ0n) is 17.2. The van der Waals surface area contributed by atoms with Crippen molar-refractivity contribution in [2.24, 2.45) is 0 Å². The number of urea groups is 1. The average molecular weight is 414 g/mol. The lowest BCUT2D eigenvalue weighted by Gasteiger charge is -2.14. The van der Waals surface area contributed by atoms with Gasteiger partial charge in [-0.15, -0.1) is 0 Å². The third-order valence-electron chi connectivity index (χ3n) is 4.62. The number of carbonyl (C=O) groups excluding carboxylic acids is 1. The summed E-state index contributed by atoms with van der Waals surface area (Å²) < 4.78 is 7.91. The fourth-order valence-corrected chi connectivity index (χ4v) is 3.12. The van der Waals surface area contributed by atoms with E-state index in [-0.39, 0.29) is 5.75 Å². The van der Waals surface area contributed by atoms with Crippen LogP contribution in [0, 0.1) is 13.8 Å². The van der Waals surface area contributed by atoms with Crippen LogP contribution in [0.2, 0.25) is 0 Å². The predicted octanol–water partition coefficient (Wildman–Crippen LogP) is 5.63. The first-order chi connectivity index (χ1) is 15.0. The topological polar surface area (TPSA) is 88.4 Å². The van der Waals surface area contributed by atoms with Crippen LogP contribution in [0.4, 0.5) is 16.2 Å². The Labute approximate surface area is 179 Å². The minimum absolute atomic E-state index is 0.130. The highest BCUT2D eigenvalue weighted by molar-refractivity contribution is 6.00. The Balaban J connectivity index is 1.57. The van der Waals surface area contributed by atoms with Gasteiger partial charge >= 0.3 is 6.03 Å². The van der Waals surface area contributed by atoms with Crippen molar-refractivity contribution in [1.82, 2.24) is 9.78 Å². The molecular formula is C24H22N4O3. The Morgan fingerprint density at radius 1 is 0.935 bits per heavy atom. The van der Waals surface area contributed by atoms with E-state index in [1.54, 1.807) is 28.9 Å². The summed E-state index contributed by atoms with van der Waals surface area (Å²) in [6.45, 7) is 3.91. The molecule has 0 radical (unpaired) electrons. The number of hydrogen-bond acceptors (Lipinski definition) is 4. The standard InChI is InChI=1S/C24H22N4O3/c1-16-7-3-5-9-21(16)28-23(15-17(2)27-28)31-22-10-6-4-8-20(22)26-24(30)25-18-11-13-19(29)14-12-18/h3-15,29H,1-2H3,(H2,25,26,30). The molecule has 0 saturated heterocycles. The molecule has 7 nitrogen and oxygen atoms in total. The number of para-hydroxylation sites is 3. The highest BCUT2D eigenvalue weighted by Gasteiger charge is 2.14. The van der Waals surface area contributed by atoms with Gasteiger partial charge < -0.3 is 20.5 Å². The minimum Gasteiger partial charge on any atom is -0.508 e. The third-order valence-corrected chi connectivity index (χ3v) is 4.62. The van der Waals surface area contributed by atoms with Gasteiger partial charge in [0.05, 0.1) is 17.1 Å². The van der Waals surface area contributed by atoms with Crippen LogP contribution in [0.1, 0.15) is 11.3 Å². The number of hydrogen-bond donors (Lipinski definition) is 3. The molecule has 0 atom stereocenters. The number of nitrogens with one attached hydrogen (secondary N) is 2. The van der Waals surface area contributed by atoms with Crippen molar-refractivity contribution in [3.8, 4) is 23.1 Å². The molecule has 0 aliphatic heterocycles. The average Bonchev–Trinajstić information content (AvgIpc) is 3.11. The Morgan fingerprint density at radius 3 is 2.42 bits per heavy atom. The van der Waals surface area contributed by atoms with E-state index < -0.39 is 6.03 Å². The van der Waals surface area contributed by atoms with Gasteiger partial charge in [-0.3, -0.25) is 0 Å². The van der Waals surface area contributed by atoms with Crippen molar-refractivity contribution in [2.75, 3.05) is 10.6 Å². The first kappa shape index (κ1) is 20.0. The predicted molar refractivity (Wildman–Crippen MR) is 120 cm³/mol. The van der Waals surface area contributed by atoms with Crippen LogP contribution in [0.3, 0.4) is 0 Å². The van der Waals surface area contributed by atoms with E-state index in [4.69, 9.17) is 4.74 Å². The van der Waals surface area contributed by atoms with Crippen molar-refractivity contribution >= 4 is 17.4 Å². The van der Waals surface area contributed by atoms with Crippen molar-refractivity contribution in [1.29, 1.82) is 0 Å². The van der Waals surface area contributed by atoms with Crippen LogP contribution >= 0.6 is 0 Å². The van der Waals surface area contributed by atoms with Crippen LogP contribution in [0.5, 0.6) is 17.4 Å². The maximum atomic E-state index is 12.5. The summed E-state index contributed by atoms with van der Waals surface area (Å²) in [5, 5.41) is 19.5. The van der Waals surface area contributed by atoms with Crippen molar-refractivity contribution in [3.63, 3.8) is 0 Å². The van der Waals surface area contributed by atoms with Crippen molar-refractivity contribution in [3.05, 3.63) is 90.1 Å². The van der Waals surface area contributed by atoms with Gasteiger partial charge in [0.1, 0.15) is 5.75 Å². The van der Waals surface area contributed by atoms with Crippen LogP contribution in [-0.4, -0.2) is 20.9 Å². The molecule has 1 aromatic heterocycles. The number of ether oxygens (including phenoxy) is 1. The second-order valence-electron chi connectivity index (χ2n) is 7.05. The molecule has 0 bridgehead atoms. The molecule has 0 fully saturated rings. The maximum absolute atomic E-state index is 12.5. The van der Waals surface area contributed by atoms with Crippen LogP contribution in [-0.2, 0) is 0 Å². The quantitative estimate of drug-likeness (QED) is 0.369. The second-order valence-corrected chi connectivity index (χ2v) is 7.05. The van der Waals surface area contributed by atoms with Gasteiger partial charge in [-0.2, -0.15) is 5.10 Å². The summed E-state index contributed by atoms with van der Waals surface area (Å²) in [5.41, 5.74) is 3.86. The van der Waals surface area contributed by atoms with Gasteiger partial charge in [0, 0.05) is 11.8 Å². The molecule has 1 heterocycles. The zero-order valence-corrected chi connectivity index (χ0v) is 17.2. The molecule has 0 spiro atoms. The van der Waals surface area contributed by atoms with Crippen LogP contribution in [0.25, 0.3) is 5.69 Å². The lowest BCUT2D eigenvalue weighted by atomic mass is 10.2. The number of anilines is 2. The van der Waals surface area contributed by atoms with Gasteiger partial charge in [-0.25, -0.2) is 9.48 Å². The fraction of sp³-hybridized carbons (Fsp3) is 0.0833. The smallest absolute Gasteiger partial charge is 0.323 e. The summed E-state index contributed by atoms with van der Waals surface area (Å²) in [5.74, 6) is 1.16. The van der Waals surface area contributed by atoms with Crippen molar-refractivity contribution < 1.29 is 14.6 Å². The van der Waals surface area contributed by atoms with E-state index in [0.717, 1.165) is 16.9 Å². The van der Waals surface area contributed by atoms with E-state index in [1.165, 1.54) is 12.1 Å². The highest BCUT2D eigenvalue weighted by Crippen LogP contribution is 2.32. The Morgan fingerprint density at radius 2 is 1.65 bits per heavy atom. The number of amides is 2. The summed E-state index contributed by atoms with van der Waals surface area (Å²) in [6, 6.07) is 22.7. The number of carbonyl (C=O) groups is 1. The molecule has 3 N–H and O–H groups in total. The lowest BCUT2D eigenvalue weighted by Crippen LogP contribution is -2.19. The zero-order chi connectivity index (χ0) is 21.8.